The van der Waals surface area contributed by atoms with Crippen molar-refractivity contribution in [3.63, 3.8) is 0 Å². The number of hydrogen-bond donors (Lipinski definition) is 1. The molecule has 6 nitrogen and oxygen atoms in total. The van der Waals surface area contributed by atoms with Gasteiger partial charge in [-0.05, 0) is 55.3 Å². The summed E-state index contributed by atoms with van der Waals surface area (Å²) in [7, 11) is 0. The molecule has 2 aliphatic carbocycles. The van der Waals surface area contributed by atoms with E-state index >= 15 is 0 Å². The maximum atomic E-state index is 13.1. The van der Waals surface area contributed by atoms with Crippen molar-refractivity contribution in [1.82, 2.24) is 0 Å². The molecule has 0 fully saturated rings. The van der Waals surface area contributed by atoms with Gasteiger partial charge in [-0.25, -0.2) is 4.39 Å². The van der Waals surface area contributed by atoms with Crippen LogP contribution < -0.4 is 10.1 Å². The fourth-order valence-electron chi connectivity index (χ4n) is 4.88. The van der Waals surface area contributed by atoms with Crippen molar-refractivity contribution in [2.24, 2.45) is 0 Å². The van der Waals surface area contributed by atoms with Gasteiger partial charge in [0.05, 0.1) is 5.92 Å². The van der Waals surface area contributed by atoms with Gasteiger partial charge in [-0.3, -0.25) is 14.4 Å². The van der Waals surface area contributed by atoms with Crippen molar-refractivity contribution in [3.8, 4) is 5.75 Å². The average molecular weight is 496 g/mol. The first-order chi connectivity index (χ1) is 16.9. The van der Waals surface area contributed by atoms with Crippen LogP contribution in [0.2, 0.25) is 5.02 Å². The molecule has 8 heteroatoms. The van der Waals surface area contributed by atoms with Gasteiger partial charge in [-0.15, -0.1) is 0 Å². The lowest BCUT2D eigenvalue weighted by atomic mass is 9.73. The molecule has 0 radical (unpaired) electrons. The lowest BCUT2D eigenvalue weighted by Crippen LogP contribution is -2.30. The number of amides is 1. The van der Waals surface area contributed by atoms with Gasteiger partial charge in [0.2, 0.25) is 0 Å². The predicted octanol–water partition coefficient (Wildman–Crippen LogP) is 5.62. The van der Waals surface area contributed by atoms with Crippen LogP contribution in [0.15, 0.2) is 65.1 Å². The topological polar surface area (TPSA) is 81.7 Å². The maximum absolute atomic E-state index is 13.1. The van der Waals surface area contributed by atoms with Gasteiger partial charge in [-0.1, -0.05) is 11.6 Å². The third-order valence-electron chi connectivity index (χ3n) is 6.41. The fourth-order valence-corrected chi connectivity index (χ4v) is 5.06. The zero-order valence-electron chi connectivity index (χ0n) is 18.9. The highest BCUT2D eigenvalue weighted by Gasteiger charge is 2.42. The molecule has 1 N–H and O–H groups in total. The number of carbonyl (C=O) groups excluding carboxylic acids is 3. The Hall–Kier alpha value is -3.45. The number of anilines is 1. The molecule has 0 aromatic heterocycles. The second-order valence-electron chi connectivity index (χ2n) is 8.79. The van der Waals surface area contributed by atoms with Crippen molar-refractivity contribution in [3.05, 3.63) is 81.5 Å². The zero-order chi connectivity index (χ0) is 24.5. The number of hydrogen-bond acceptors (Lipinski definition) is 5. The van der Waals surface area contributed by atoms with E-state index in [1.165, 1.54) is 24.3 Å². The van der Waals surface area contributed by atoms with Crippen molar-refractivity contribution < 1.29 is 28.2 Å². The molecule has 0 unspecified atom stereocenters. The van der Waals surface area contributed by atoms with Crippen LogP contribution in [0, 0.1) is 5.82 Å². The van der Waals surface area contributed by atoms with Crippen LogP contribution >= 0.6 is 11.6 Å². The first-order valence-corrected chi connectivity index (χ1v) is 12.0. The molecule has 1 amide bonds. The Kier molecular flexibility index (Phi) is 6.43. The summed E-state index contributed by atoms with van der Waals surface area (Å²) in [6.45, 7) is -0.324. The predicted molar refractivity (Wildman–Crippen MR) is 128 cm³/mol. The molecule has 1 aliphatic heterocycles. The molecular formula is C27H23ClFNO5. The third kappa shape index (κ3) is 4.73. The Balaban J connectivity index is 1.48. The highest BCUT2D eigenvalue weighted by Crippen LogP contribution is 2.50. The minimum atomic E-state index is -0.650. The lowest BCUT2D eigenvalue weighted by molar-refractivity contribution is -0.119. The van der Waals surface area contributed by atoms with Crippen LogP contribution in [0.25, 0.3) is 0 Å². The SMILES string of the molecule is O=C(COc1ccc(Cl)cc1C1C2=C(CCCC2=O)OC2=C1C(=O)CCC2)Nc1ccc(F)cc1. The molecule has 0 bridgehead atoms. The van der Waals surface area contributed by atoms with Crippen molar-refractivity contribution in [2.45, 2.75) is 44.4 Å². The molecule has 0 atom stereocenters. The molecule has 0 spiro atoms. The number of allylic oxidation sites excluding steroid dienone is 4. The Morgan fingerprint density at radius 1 is 0.971 bits per heavy atom. The summed E-state index contributed by atoms with van der Waals surface area (Å²) in [5.74, 6) is -0.0268. The monoisotopic (exact) mass is 495 g/mol. The molecular weight excluding hydrogens is 473 g/mol. The molecule has 2 aromatic rings. The summed E-state index contributed by atoms with van der Waals surface area (Å²) in [5.41, 5.74) is 1.95. The van der Waals surface area contributed by atoms with E-state index in [-0.39, 0.29) is 18.2 Å². The summed E-state index contributed by atoms with van der Waals surface area (Å²) in [5, 5.41) is 3.07. The summed E-state index contributed by atoms with van der Waals surface area (Å²) >= 11 is 6.34. The second kappa shape index (κ2) is 9.66. The minimum Gasteiger partial charge on any atom is -0.483 e. The average Bonchev–Trinajstić information content (AvgIpc) is 2.84. The maximum Gasteiger partial charge on any atom is 0.262 e. The molecule has 35 heavy (non-hydrogen) atoms. The summed E-state index contributed by atoms with van der Waals surface area (Å²) in [6.07, 6.45) is 3.41. The van der Waals surface area contributed by atoms with Crippen LogP contribution in [-0.4, -0.2) is 24.1 Å². The number of carbonyl (C=O) groups is 3. The lowest BCUT2D eigenvalue weighted by Gasteiger charge is -2.36. The van der Waals surface area contributed by atoms with E-state index in [0.717, 1.165) is 0 Å². The molecule has 1 heterocycles. The van der Waals surface area contributed by atoms with Gasteiger partial charge in [0.1, 0.15) is 23.1 Å². The smallest absolute Gasteiger partial charge is 0.262 e. The number of halogens is 2. The molecule has 3 aliphatic rings. The number of nitrogens with one attached hydrogen (secondary N) is 1. The first-order valence-electron chi connectivity index (χ1n) is 11.6. The van der Waals surface area contributed by atoms with Gasteiger partial charge >= 0.3 is 0 Å². The first kappa shape index (κ1) is 23.3. The third-order valence-corrected chi connectivity index (χ3v) is 6.65. The van der Waals surface area contributed by atoms with E-state index in [0.29, 0.717) is 83.2 Å². The van der Waals surface area contributed by atoms with E-state index in [2.05, 4.69) is 5.32 Å². The fraction of sp³-hybridized carbons (Fsp3) is 0.296. The molecule has 0 saturated heterocycles. The van der Waals surface area contributed by atoms with Crippen LogP contribution in [0.5, 0.6) is 5.75 Å². The van der Waals surface area contributed by atoms with Gasteiger partial charge in [0, 0.05) is 53.1 Å². The largest absolute Gasteiger partial charge is 0.483 e. The van der Waals surface area contributed by atoms with E-state index in [1.54, 1.807) is 18.2 Å². The number of Topliss-reactive ketones (excluding diaryl/α,β-unsaturated/α-hetero) is 2. The van der Waals surface area contributed by atoms with E-state index < -0.39 is 17.6 Å². The molecule has 0 saturated carbocycles. The number of benzene rings is 2. The van der Waals surface area contributed by atoms with E-state index in [9.17, 15) is 18.8 Å². The van der Waals surface area contributed by atoms with Crippen LogP contribution in [0.4, 0.5) is 10.1 Å². The van der Waals surface area contributed by atoms with Crippen molar-refractivity contribution >= 4 is 34.8 Å². The summed E-state index contributed by atoms with van der Waals surface area (Å²) in [6, 6.07) is 10.4. The summed E-state index contributed by atoms with van der Waals surface area (Å²) in [4.78, 5) is 38.6. The Labute approximate surface area is 206 Å². The van der Waals surface area contributed by atoms with Gasteiger partial charge < -0.3 is 14.8 Å². The van der Waals surface area contributed by atoms with Gasteiger partial charge in [0.15, 0.2) is 18.2 Å². The quantitative estimate of drug-likeness (QED) is 0.581. The van der Waals surface area contributed by atoms with Crippen molar-refractivity contribution in [1.29, 1.82) is 0 Å². The Bertz CT molecular complexity index is 1240. The minimum absolute atomic E-state index is 0.0545. The van der Waals surface area contributed by atoms with Gasteiger partial charge in [-0.2, -0.15) is 0 Å². The van der Waals surface area contributed by atoms with Crippen molar-refractivity contribution in [2.75, 3.05) is 11.9 Å². The van der Waals surface area contributed by atoms with E-state index in [4.69, 9.17) is 21.1 Å². The molecule has 180 valence electrons. The molecule has 5 rings (SSSR count). The Morgan fingerprint density at radius 3 is 2.23 bits per heavy atom. The van der Waals surface area contributed by atoms with Crippen LogP contribution in [0.1, 0.15) is 50.0 Å². The van der Waals surface area contributed by atoms with Gasteiger partial charge in [0.25, 0.3) is 5.91 Å². The second-order valence-corrected chi connectivity index (χ2v) is 9.22. The Morgan fingerprint density at radius 2 is 1.60 bits per heavy atom. The highest BCUT2D eigenvalue weighted by molar-refractivity contribution is 6.30. The number of ketones is 2. The standard InChI is InChI=1S/C27H23ClFNO5/c28-15-7-12-21(34-14-24(33)30-17-10-8-16(29)9-11-17)18(13-15)25-26-19(31)3-1-5-22(26)35-23-6-2-4-20(32)27(23)25/h7-13,25H,1-6,14H2,(H,30,33). The number of rotatable bonds is 5. The van der Waals surface area contributed by atoms with Crippen LogP contribution in [0.3, 0.4) is 0 Å². The van der Waals surface area contributed by atoms with E-state index in [1.807, 2.05) is 0 Å². The molecule has 2 aromatic carbocycles. The number of ether oxygens (including phenoxy) is 2. The highest BCUT2D eigenvalue weighted by atomic mass is 35.5. The zero-order valence-corrected chi connectivity index (χ0v) is 19.6. The normalized spacial score (nSPS) is 18.1. The van der Waals surface area contributed by atoms with Crippen LogP contribution in [-0.2, 0) is 19.1 Å². The summed E-state index contributed by atoms with van der Waals surface area (Å²) < 4.78 is 25.1.